The van der Waals surface area contributed by atoms with E-state index in [0.29, 0.717) is 12.8 Å². The Balaban J connectivity index is 3.04. The summed E-state index contributed by atoms with van der Waals surface area (Å²) in [6.45, 7) is 5.35. The molecule has 0 radical (unpaired) electrons. The monoisotopic (exact) mass is 269 g/mol. The third-order valence-corrected chi connectivity index (χ3v) is 3.16. The van der Waals surface area contributed by atoms with E-state index in [0.717, 1.165) is 0 Å². The van der Waals surface area contributed by atoms with E-state index < -0.39 is 10.5 Å². The molecule has 106 valence electrons. The SMILES string of the molecule is CCC(O)(CC)CNc1nc(N)nc(C)c1[N+](=O)[O-]. The Morgan fingerprint density at radius 3 is 2.47 bits per heavy atom. The van der Waals surface area contributed by atoms with Gasteiger partial charge in [0.15, 0.2) is 0 Å². The highest BCUT2D eigenvalue weighted by molar-refractivity contribution is 5.60. The van der Waals surface area contributed by atoms with Gasteiger partial charge in [0.25, 0.3) is 0 Å². The fraction of sp³-hybridized carbons (Fsp3) is 0.636. The Morgan fingerprint density at radius 2 is 2.00 bits per heavy atom. The van der Waals surface area contributed by atoms with Gasteiger partial charge in [-0.05, 0) is 19.8 Å². The van der Waals surface area contributed by atoms with Gasteiger partial charge in [0.05, 0.1) is 10.5 Å². The summed E-state index contributed by atoms with van der Waals surface area (Å²) in [7, 11) is 0. The van der Waals surface area contributed by atoms with Crippen molar-refractivity contribution < 1.29 is 10.0 Å². The van der Waals surface area contributed by atoms with Crippen LogP contribution >= 0.6 is 0 Å². The summed E-state index contributed by atoms with van der Waals surface area (Å²) in [4.78, 5) is 18.0. The molecule has 0 saturated carbocycles. The average Bonchev–Trinajstić information content (AvgIpc) is 2.34. The minimum atomic E-state index is -0.929. The van der Waals surface area contributed by atoms with Gasteiger partial charge in [-0.3, -0.25) is 10.1 Å². The van der Waals surface area contributed by atoms with Gasteiger partial charge in [-0.1, -0.05) is 13.8 Å². The fourth-order valence-electron chi connectivity index (χ4n) is 1.68. The Hall–Kier alpha value is -1.96. The van der Waals surface area contributed by atoms with Crippen LogP contribution in [0.3, 0.4) is 0 Å². The van der Waals surface area contributed by atoms with E-state index in [9.17, 15) is 15.2 Å². The van der Waals surface area contributed by atoms with Gasteiger partial charge in [0.1, 0.15) is 5.69 Å². The van der Waals surface area contributed by atoms with Gasteiger partial charge in [-0.2, -0.15) is 4.98 Å². The molecule has 1 rings (SSSR count). The second kappa shape index (κ2) is 5.79. The zero-order valence-electron chi connectivity index (χ0n) is 11.3. The number of aromatic nitrogens is 2. The number of aliphatic hydroxyl groups is 1. The van der Waals surface area contributed by atoms with Crippen molar-refractivity contribution >= 4 is 17.5 Å². The summed E-state index contributed by atoms with van der Waals surface area (Å²) < 4.78 is 0. The molecule has 0 aliphatic heterocycles. The fourth-order valence-corrected chi connectivity index (χ4v) is 1.68. The van der Waals surface area contributed by atoms with Gasteiger partial charge < -0.3 is 16.2 Å². The van der Waals surface area contributed by atoms with Crippen molar-refractivity contribution in [2.24, 2.45) is 0 Å². The predicted molar refractivity (Wildman–Crippen MR) is 71.9 cm³/mol. The van der Waals surface area contributed by atoms with Crippen LogP contribution in [-0.4, -0.2) is 32.1 Å². The number of nitro groups is 1. The lowest BCUT2D eigenvalue weighted by molar-refractivity contribution is -0.385. The van der Waals surface area contributed by atoms with Crippen molar-refractivity contribution in [2.75, 3.05) is 17.6 Å². The van der Waals surface area contributed by atoms with Crippen molar-refractivity contribution in [2.45, 2.75) is 39.2 Å². The van der Waals surface area contributed by atoms with Gasteiger partial charge in [-0.25, -0.2) is 4.98 Å². The van der Waals surface area contributed by atoms with E-state index in [-0.39, 0.29) is 29.7 Å². The number of hydrogen-bond acceptors (Lipinski definition) is 7. The van der Waals surface area contributed by atoms with Crippen LogP contribution in [0.2, 0.25) is 0 Å². The van der Waals surface area contributed by atoms with Gasteiger partial charge in [0, 0.05) is 6.54 Å². The number of nitrogens with two attached hydrogens (primary N) is 1. The number of aryl methyl sites for hydroxylation is 1. The lowest BCUT2D eigenvalue weighted by Crippen LogP contribution is -2.35. The van der Waals surface area contributed by atoms with Gasteiger partial charge in [0.2, 0.25) is 11.8 Å². The first kappa shape index (κ1) is 15.1. The maximum Gasteiger partial charge on any atom is 0.332 e. The molecular weight excluding hydrogens is 250 g/mol. The van der Waals surface area contributed by atoms with E-state index in [1.54, 1.807) is 0 Å². The second-order valence-corrected chi connectivity index (χ2v) is 4.41. The largest absolute Gasteiger partial charge is 0.388 e. The lowest BCUT2D eigenvalue weighted by atomic mass is 9.98. The maximum atomic E-state index is 11.0. The maximum absolute atomic E-state index is 11.0. The molecule has 0 atom stereocenters. The molecule has 0 aromatic carbocycles. The molecule has 1 aromatic heterocycles. The smallest absolute Gasteiger partial charge is 0.332 e. The molecule has 0 amide bonds. The molecule has 0 spiro atoms. The molecule has 8 nitrogen and oxygen atoms in total. The molecule has 8 heteroatoms. The van der Waals surface area contributed by atoms with E-state index in [1.807, 2.05) is 13.8 Å². The molecule has 1 heterocycles. The quantitative estimate of drug-likeness (QED) is 0.523. The van der Waals surface area contributed by atoms with Crippen LogP contribution in [0.5, 0.6) is 0 Å². The second-order valence-electron chi connectivity index (χ2n) is 4.41. The highest BCUT2D eigenvalue weighted by Gasteiger charge is 2.26. The summed E-state index contributed by atoms with van der Waals surface area (Å²) in [5.74, 6) is -0.00235. The normalized spacial score (nSPS) is 11.4. The van der Waals surface area contributed by atoms with E-state index >= 15 is 0 Å². The summed E-state index contributed by atoms with van der Waals surface area (Å²) >= 11 is 0. The zero-order valence-corrected chi connectivity index (χ0v) is 11.3. The lowest BCUT2D eigenvalue weighted by Gasteiger charge is -2.25. The molecule has 4 N–H and O–H groups in total. The molecule has 0 fully saturated rings. The number of nitrogen functional groups attached to an aromatic ring is 1. The van der Waals surface area contributed by atoms with Gasteiger partial charge in [-0.15, -0.1) is 0 Å². The summed E-state index contributed by atoms with van der Waals surface area (Å²) in [6, 6.07) is 0. The third kappa shape index (κ3) is 3.50. The van der Waals surface area contributed by atoms with Crippen LogP contribution in [0.15, 0.2) is 0 Å². The summed E-state index contributed by atoms with van der Waals surface area (Å²) in [6.07, 6.45) is 1.06. The molecular formula is C11H19N5O3. The Bertz CT molecular complexity index is 474. The van der Waals surface area contributed by atoms with E-state index in [4.69, 9.17) is 5.73 Å². The first-order valence-corrected chi connectivity index (χ1v) is 6.07. The minimum absolute atomic E-state index is 0.0373. The van der Waals surface area contributed by atoms with Crippen LogP contribution in [-0.2, 0) is 0 Å². The first-order chi connectivity index (χ1) is 8.83. The highest BCUT2D eigenvalue weighted by Crippen LogP contribution is 2.26. The van der Waals surface area contributed by atoms with Crippen LogP contribution < -0.4 is 11.1 Å². The molecule has 0 aliphatic carbocycles. The standard InChI is InChI=1S/C11H19N5O3/c1-4-11(17,5-2)6-13-9-8(16(18)19)7(3)14-10(12)15-9/h17H,4-6H2,1-3H3,(H3,12,13,14,15). The number of anilines is 2. The summed E-state index contributed by atoms with van der Waals surface area (Å²) in [5, 5.41) is 23.9. The molecule has 0 bridgehead atoms. The zero-order chi connectivity index (χ0) is 14.6. The Morgan fingerprint density at radius 1 is 1.42 bits per heavy atom. The number of rotatable bonds is 6. The summed E-state index contributed by atoms with van der Waals surface area (Å²) in [5.41, 5.74) is 4.53. The van der Waals surface area contributed by atoms with Gasteiger partial charge >= 0.3 is 5.69 Å². The minimum Gasteiger partial charge on any atom is -0.388 e. The van der Waals surface area contributed by atoms with Crippen LogP contribution in [0.1, 0.15) is 32.4 Å². The third-order valence-electron chi connectivity index (χ3n) is 3.16. The Kier molecular flexibility index (Phi) is 4.60. The number of hydrogen-bond donors (Lipinski definition) is 3. The van der Waals surface area contributed by atoms with Crippen LogP contribution in [0.25, 0.3) is 0 Å². The average molecular weight is 269 g/mol. The number of nitrogens with one attached hydrogen (secondary N) is 1. The van der Waals surface area contributed by atoms with E-state index in [1.165, 1.54) is 6.92 Å². The Labute approximate surface area is 111 Å². The molecule has 1 aromatic rings. The first-order valence-electron chi connectivity index (χ1n) is 6.07. The highest BCUT2D eigenvalue weighted by atomic mass is 16.6. The molecule has 0 saturated heterocycles. The van der Waals surface area contributed by atoms with Crippen LogP contribution in [0, 0.1) is 17.0 Å². The topological polar surface area (TPSA) is 127 Å². The predicted octanol–water partition coefficient (Wildman–Crippen LogP) is 1.24. The molecule has 19 heavy (non-hydrogen) atoms. The van der Waals surface area contributed by atoms with E-state index in [2.05, 4.69) is 15.3 Å². The van der Waals surface area contributed by atoms with Crippen molar-refractivity contribution in [3.05, 3.63) is 15.8 Å². The van der Waals surface area contributed by atoms with Crippen molar-refractivity contribution in [3.8, 4) is 0 Å². The molecule has 0 aliphatic rings. The van der Waals surface area contributed by atoms with Crippen molar-refractivity contribution in [3.63, 3.8) is 0 Å². The van der Waals surface area contributed by atoms with Crippen molar-refractivity contribution in [1.29, 1.82) is 0 Å². The molecule has 0 unspecified atom stereocenters. The van der Waals surface area contributed by atoms with Crippen molar-refractivity contribution in [1.82, 2.24) is 9.97 Å². The number of nitrogens with zero attached hydrogens (tertiary/aromatic N) is 3. The van der Waals surface area contributed by atoms with Crippen LogP contribution in [0.4, 0.5) is 17.5 Å².